The Morgan fingerprint density at radius 3 is 2.42 bits per heavy atom. The maximum atomic E-state index is 12.9. The number of hydrogen-bond acceptors (Lipinski definition) is 11. The zero-order valence-corrected chi connectivity index (χ0v) is 30.5. The molecule has 4 heterocycles. The highest BCUT2D eigenvalue weighted by Gasteiger charge is 2.55. The van der Waals surface area contributed by atoms with Gasteiger partial charge in [0.1, 0.15) is 17.6 Å². The van der Waals surface area contributed by atoms with Crippen LogP contribution in [0.1, 0.15) is 88.0 Å². The number of nitrogens with zero attached hydrogens (tertiary/aromatic N) is 6. The molecule has 45 heavy (non-hydrogen) atoms. The van der Waals surface area contributed by atoms with Gasteiger partial charge in [0.2, 0.25) is 5.95 Å². The summed E-state index contributed by atoms with van der Waals surface area (Å²) >= 11 is 1.53. The van der Waals surface area contributed by atoms with Crippen molar-refractivity contribution >= 4 is 43.7 Å². The number of fused-ring (bicyclic) bond motifs is 2. The van der Waals surface area contributed by atoms with Gasteiger partial charge in [0.05, 0.1) is 35.7 Å². The zero-order valence-electron chi connectivity index (χ0n) is 28.8. The van der Waals surface area contributed by atoms with E-state index in [9.17, 15) is 9.90 Å². The number of rotatable bonds is 13. The van der Waals surface area contributed by atoms with Gasteiger partial charge >= 0.3 is 0 Å². The third-order valence-corrected chi connectivity index (χ3v) is 11.6. The second-order valence-electron chi connectivity index (χ2n) is 14.4. The molecule has 2 N–H and O–H groups in total. The highest BCUT2D eigenvalue weighted by molar-refractivity contribution is 8.00. The molecule has 0 bridgehead atoms. The second-order valence-corrected chi connectivity index (χ2v) is 17.0. The van der Waals surface area contributed by atoms with Crippen LogP contribution >= 0.6 is 20.3 Å². The molecule has 2 fully saturated rings. The van der Waals surface area contributed by atoms with Crippen molar-refractivity contribution in [1.82, 2.24) is 29.1 Å². The van der Waals surface area contributed by atoms with Crippen LogP contribution in [0, 0.1) is 0 Å². The summed E-state index contributed by atoms with van der Waals surface area (Å²) in [5.74, 6) is -0.599. The molecule has 2 aromatic heterocycles. The summed E-state index contributed by atoms with van der Waals surface area (Å²) in [7, 11) is 0.624. The van der Waals surface area contributed by atoms with E-state index in [1.165, 1.54) is 11.8 Å². The number of aliphatic imine (C=N–C) groups is 1. The van der Waals surface area contributed by atoms with Crippen LogP contribution in [0.4, 0.5) is 5.95 Å². The Balaban J connectivity index is 1.46. The van der Waals surface area contributed by atoms with Crippen molar-refractivity contribution in [2.45, 2.75) is 134 Å². The Hall–Kier alpha value is -1.64. The first-order chi connectivity index (χ1) is 20.8. The van der Waals surface area contributed by atoms with Gasteiger partial charge in [-0.2, -0.15) is 4.98 Å². The molecule has 4 rings (SSSR count). The van der Waals surface area contributed by atoms with Crippen molar-refractivity contribution in [3.8, 4) is 0 Å². The van der Waals surface area contributed by atoms with Crippen LogP contribution in [0.2, 0.25) is 0 Å². The number of aliphatic hydroxyl groups excluding tert-OH is 1. The molecular formula is C30H52N7O6PS. The van der Waals surface area contributed by atoms with E-state index in [1.54, 1.807) is 12.7 Å². The van der Waals surface area contributed by atoms with Crippen LogP contribution in [0.25, 0.3) is 11.2 Å². The molecule has 0 aliphatic carbocycles. The van der Waals surface area contributed by atoms with E-state index in [-0.39, 0.29) is 64.1 Å². The Kier molecular flexibility index (Phi) is 11.1. The maximum absolute atomic E-state index is 12.9. The largest absolute Gasteiger partial charge is 0.395 e. The van der Waals surface area contributed by atoms with Gasteiger partial charge in [0.15, 0.2) is 17.0 Å². The summed E-state index contributed by atoms with van der Waals surface area (Å²) in [6.07, 6.45) is 3.35. The first-order valence-electron chi connectivity index (χ1n) is 15.6. The molecule has 0 aromatic carbocycles. The van der Waals surface area contributed by atoms with E-state index in [2.05, 4.69) is 86.9 Å². The molecule has 2 aromatic rings. The van der Waals surface area contributed by atoms with E-state index in [0.29, 0.717) is 18.6 Å². The highest BCUT2D eigenvalue weighted by atomic mass is 32.2. The molecule has 13 nitrogen and oxygen atoms in total. The lowest BCUT2D eigenvalue weighted by atomic mass is 10.1. The fourth-order valence-electron chi connectivity index (χ4n) is 5.43. The number of aliphatic hydroxyl groups is 1. The van der Waals surface area contributed by atoms with Crippen molar-refractivity contribution in [3.05, 3.63) is 16.7 Å². The average molecular weight is 670 g/mol. The van der Waals surface area contributed by atoms with Crippen LogP contribution in [-0.4, -0.2) is 107 Å². The lowest BCUT2D eigenvalue weighted by Gasteiger charge is -2.42. The monoisotopic (exact) mass is 669 g/mol. The van der Waals surface area contributed by atoms with Crippen LogP contribution in [-0.2, 0) is 18.5 Å². The molecule has 0 amide bonds. The second kappa shape index (κ2) is 13.8. The molecular weight excluding hydrogens is 617 g/mol. The van der Waals surface area contributed by atoms with Crippen LogP contribution in [0.3, 0.4) is 0 Å². The minimum absolute atomic E-state index is 0.0505. The van der Waals surface area contributed by atoms with E-state index in [4.69, 9.17) is 18.5 Å². The van der Waals surface area contributed by atoms with Gasteiger partial charge in [-0.25, -0.2) is 14.6 Å². The Bertz CT molecular complexity index is 1380. The zero-order chi connectivity index (χ0) is 33.5. The predicted octanol–water partition coefficient (Wildman–Crippen LogP) is 5.18. The number of H-pyrrole nitrogens is 1. The molecule has 0 radical (unpaired) electrons. The normalized spacial score (nSPS) is 24.5. The molecule has 2 aliphatic heterocycles. The maximum Gasteiger partial charge on any atom is 0.280 e. The third-order valence-electron chi connectivity index (χ3n) is 7.37. The van der Waals surface area contributed by atoms with E-state index >= 15 is 0 Å². The van der Waals surface area contributed by atoms with Gasteiger partial charge in [-0.15, -0.1) is 11.8 Å². The summed E-state index contributed by atoms with van der Waals surface area (Å²) in [6.45, 7) is 23.3. The van der Waals surface area contributed by atoms with Crippen molar-refractivity contribution < 1.29 is 23.6 Å². The molecule has 0 spiro atoms. The quantitative estimate of drug-likeness (QED) is 0.166. The lowest BCUT2D eigenvalue weighted by Crippen LogP contribution is -2.39. The van der Waals surface area contributed by atoms with E-state index < -0.39 is 19.9 Å². The molecule has 254 valence electrons. The average Bonchev–Trinajstić information content (AvgIpc) is 3.55. The van der Waals surface area contributed by atoms with Gasteiger partial charge in [-0.1, -0.05) is 0 Å². The van der Waals surface area contributed by atoms with Crippen molar-refractivity contribution in [3.63, 3.8) is 0 Å². The van der Waals surface area contributed by atoms with Gasteiger partial charge < -0.3 is 28.5 Å². The van der Waals surface area contributed by atoms with Gasteiger partial charge in [-0.3, -0.25) is 14.3 Å². The molecule has 2 aliphatic rings. The number of aromatic nitrogens is 4. The van der Waals surface area contributed by atoms with Crippen molar-refractivity contribution in [2.75, 3.05) is 20.2 Å². The number of ether oxygens (including phenoxy) is 2. The molecule has 1 unspecified atom stereocenters. The lowest BCUT2D eigenvalue weighted by molar-refractivity contribution is -0.149. The van der Waals surface area contributed by atoms with Crippen LogP contribution in [0.15, 0.2) is 16.1 Å². The smallest absolute Gasteiger partial charge is 0.280 e. The van der Waals surface area contributed by atoms with Crippen LogP contribution in [0.5, 0.6) is 0 Å². The minimum atomic E-state index is -1.30. The van der Waals surface area contributed by atoms with E-state index in [0.717, 1.165) is 0 Å². The van der Waals surface area contributed by atoms with Crippen molar-refractivity contribution in [1.29, 1.82) is 0 Å². The first kappa shape index (κ1) is 36.2. The first-order valence-corrected chi connectivity index (χ1v) is 17.7. The summed E-state index contributed by atoms with van der Waals surface area (Å²) < 4.78 is 29.5. The minimum Gasteiger partial charge on any atom is -0.395 e. The SMILES string of the molecule is CC(C)N(C(C)C)P(OC(C)(C)C)OC(C)(C)CCN(C)/C=N/c1nc2c(ncn2[C@@H]2S[C@H](CO)[C@H]3OC(C)(C)O[C@H]32)c(=O)[nH]1. The summed E-state index contributed by atoms with van der Waals surface area (Å²) in [6, 6.07) is 0.533. The van der Waals surface area contributed by atoms with Crippen LogP contribution < -0.4 is 5.56 Å². The number of imidazole rings is 1. The molecule has 0 saturated carbocycles. The summed E-state index contributed by atoms with van der Waals surface area (Å²) in [4.78, 5) is 31.1. The summed E-state index contributed by atoms with van der Waals surface area (Å²) in [5.41, 5.74) is -0.575. The number of thioether (sulfide) groups is 1. The highest BCUT2D eigenvalue weighted by Crippen LogP contribution is 2.53. The van der Waals surface area contributed by atoms with E-state index in [1.807, 2.05) is 30.4 Å². The third kappa shape index (κ3) is 8.84. The van der Waals surface area contributed by atoms with Gasteiger partial charge in [0.25, 0.3) is 14.1 Å². The fraction of sp³-hybridized carbons (Fsp3) is 0.800. The number of hydrogen-bond donors (Lipinski definition) is 2. The molecule has 15 heteroatoms. The van der Waals surface area contributed by atoms with Gasteiger partial charge in [0, 0.05) is 25.7 Å². The number of aromatic amines is 1. The number of nitrogens with one attached hydrogen (secondary N) is 1. The Morgan fingerprint density at radius 1 is 1.18 bits per heavy atom. The molecule has 5 atom stereocenters. The summed E-state index contributed by atoms with van der Waals surface area (Å²) in [5, 5.41) is 9.54. The molecule has 2 saturated heterocycles. The predicted molar refractivity (Wildman–Crippen MR) is 180 cm³/mol. The van der Waals surface area contributed by atoms with Crippen molar-refractivity contribution in [2.24, 2.45) is 4.99 Å². The van der Waals surface area contributed by atoms with Gasteiger partial charge in [-0.05, 0) is 82.6 Å². The Morgan fingerprint density at radius 2 is 1.82 bits per heavy atom. The Labute approximate surface area is 272 Å². The fourth-order valence-corrected chi connectivity index (χ4v) is 8.85. The topological polar surface area (TPSA) is 140 Å². The standard InChI is InChI=1S/C30H52N7O6PS/c1-18(2)37(19(3)4)44(42-28(5,6)7)43-29(8,9)13-14-35(12)16-32-27-33-24-21(25(39)34-27)31-17-36(24)26-23-22(20(15-38)45-26)40-30(10,11)41-23/h16-20,22-23,26,38H,13-15H2,1-12H3,(H,33,34,39)/b32-16+/t20-,22-,23-,26-,44?/m1/s1.